The van der Waals surface area contributed by atoms with Gasteiger partial charge in [0.25, 0.3) is 11.8 Å². The Morgan fingerprint density at radius 2 is 2.10 bits per heavy atom. The van der Waals surface area contributed by atoms with Crippen molar-refractivity contribution in [3.63, 3.8) is 0 Å². The van der Waals surface area contributed by atoms with Crippen LogP contribution in [-0.2, 0) is 10.9 Å². The highest BCUT2D eigenvalue weighted by Crippen LogP contribution is 2.32. The maximum Gasteiger partial charge on any atom is 0.416 e. The molecule has 4 rings (SSSR count). The van der Waals surface area contributed by atoms with Crippen LogP contribution in [0.25, 0.3) is 11.4 Å². The second-order valence-electron chi connectivity index (χ2n) is 7.51. The molecule has 164 valence electrons. The summed E-state index contributed by atoms with van der Waals surface area (Å²) in [4.78, 5) is 18.5. The van der Waals surface area contributed by atoms with E-state index in [1.165, 1.54) is 12.1 Å². The number of alkyl halides is 3. The summed E-state index contributed by atoms with van der Waals surface area (Å²) < 4.78 is 49.7. The Morgan fingerprint density at radius 1 is 1.29 bits per heavy atom. The molecule has 3 aromatic rings. The summed E-state index contributed by atoms with van der Waals surface area (Å²) in [5.74, 6) is 0.0602. The molecule has 2 aromatic heterocycles. The minimum atomic E-state index is -4.47. The maximum absolute atomic E-state index is 13.0. The van der Waals surface area contributed by atoms with Crippen LogP contribution in [0.1, 0.15) is 53.5 Å². The lowest BCUT2D eigenvalue weighted by Crippen LogP contribution is -2.42. The van der Waals surface area contributed by atoms with E-state index in [1.54, 1.807) is 11.0 Å². The number of carbonyl (C=O) groups is 1. The Kier molecular flexibility index (Phi) is 5.52. The second-order valence-corrected chi connectivity index (χ2v) is 7.51. The molecule has 1 amide bonds. The van der Waals surface area contributed by atoms with Crippen molar-refractivity contribution in [3.05, 3.63) is 53.2 Å². The van der Waals surface area contributed by atoms with Gasteiger partial charge in [-0.1, -0.05) is 31.1 Å². The molecule has 0 radical (unpaired) electrons. The minimum absolute atomic E-state index is 0.0158. The molecule has 1 aromatic carbocycles. The number of rotatable bonds is 4. The van der Waals surface area contributed by atoms with Crippen molar-refractivity contribution in [1.29, 1.82) is 0 Å². The van der Waals surface area contributed by atoms with E-state index in [9.17, 15) is 18.0 Å². The first-order chi connectivity index (χ1) is 14.7. The summed E-state index contributed by atoms with van der Waals surface area (Å²) in [6.07, 6.45) is -5.16. The second kappa shape index (κ2) is 8.14. The number of aromatic amines is 1. The highest BCUT2D eigenvalue weighted by atomic mass is 19.4. The molecule has 11 heteroatoms. The maximum atomic E-state index is 13.0. The fourth-order valence-corrected chi connectivity index (χ4v) is 3.20. The van der Waals surface area contributed by atoms with Gasteiger partial charge in [0.1, 0.15) is 5.69 Å². The SMILES string of the molecule is CC(C)c1cc(C(=O)N2CCO[C@@H](c3nc(-c4cccc(C(F)(F)F)c4)no3)C2)n[nH]1. The van der Waals surface area contributed by atoms with Crippen molar-refractivity contribution in [3.8, 4) is 11.4 Å². The van der Waals surface area contributed by atoms with Gasteiger partial charge in [-0.2, -0.15) is 23.3 Å². The molecule has 0 bridgehead atoms. The van der Waals surface area contributed by atoms with Gasteiger partial charge in [-0.25, -0.2) is 0 Å². The van der Waals surface area contributed by atoms with E-state index in [-0.39, 0.29) is 42.3 Å². The van der Waals surface area contributed by atoms with E-state index in [4.69, 9.17) is 9.26 Å². The summed E-state index contributed by atoms with van der Waals surface area (Å²) in [5, 5.41) is 10.7. The Hall–Kier alpha value is -3.21. The number of nitrogens with one attached hydrogen (secondary N) is 1. The summed E-state index contributed by atoms with van der Waals surface area (Å²) in [7, 11) is 0. The van der Waals surface area contributed by atoms with Gasteiger partial charge in [0.2, 0.25) is 5.82 Å². The Morgan fingerprint density at radius 3 is 2.81 bits per heavy atom. The van der Waals surface area contributed by atoms with Crippen LogP contribution in [0.3, 0.4) is 0 Å². The Bertz CT molecular complexity index is 1080. The van der Waals surface area contributed by atoms with Gasteiger partial charge >= 0.3 is 6.18 Å². The molecule has 0 saturated carbocycles. The predicted octanol–water partition coefficient (Wildman–Crippen LogP) is 3.82. The zero-order chi connectivity index (χ0) is 22.2. The normalized spacial score (nSPS) is 17.4. The van der Waals surface area contributed by atoms with E-state index in [2.05, 4.69) is 20.3 Å². The number of carbonyl (C=O) groups excluding carboxylic acids is 1. The van der Waals surface area contributed by atoms with Crippen LogP contribution in [0.15, 0.2) is 34.9 Å². The lowest BCUT2D eigenvalue weighted by molar-refractivity contribution is -0.137. The van der Waals surface area contributed by atoms with E-state index < -0.39 is 17.8 Å². The van der Waals surface area contributed by atoms with Crippen LogP contribution in [0.4, 0.5) is 13.2 Å². The smallest absolute Gasteiger partial charge is 0.365 e. The summed E-state index contributed by atoms with van der Waals surface area (Å²) in [6, 6.07) is 6.39. The lowest BCUT2D eigenvalue weighted by atomic mass is 10.1. The van der Waals surface area contributed by atoms with Gasteiger partial charge in [0.15, 0.2) is 6.10 Å². The highest BCUT2D eigenvalue weighted by molar-refractivity contribution is 5.92. The monoisotopic (exact) mass is 435 g/mol. The van der Waals surface area contributed by atoms with Crippen molar-refractivity contribution in [2.45, 2.75) is 32.0 Å². The fraction of sp³-hybridized carbons (Fsp3) is 0.400. The number of ether oxygens (including phenoxy) is 1. The summed E-state index contributed by atoms with van der Waals surface area (Å²) in [6.45, 7) is 4.76. The molecule has 1 aliphatic heterocycles. The van der Waals surface area contributed by atoms with Gasteiger partial charge in [0.05, 0.1) is 18.7 Å². The summed E-state index contributed by atoms with van der Waals surface area (Å²) in [5.41, 5.74) is 0.531. The molecule has 1 N–H and O–H groups in total. The Labute approximate surface area is 175 Å². The van der Waals surface area contributed by atoms with E-state index in [1.807, 2.05) is 13.8 Å². The minimum Gasteiger partial charge on any atom is -0.365 e. The predicted molar refractivity (Wildman–Crippen MR) is 102 cm³/mol. The topological polar surface area (TPSA) is 97.1 Å². The standard InChI is InChI=1S/C20H20F3N5O3/c1-11(2)14-9-15(26-25-14)19(29)28-6-7-30-16(10-28)18-24-17(27-31-18)12-4-3-5-13(8-12)20(21,22)23/h3-5,8-9,11,16H,6-7,10H2,1-2H3,(H,25,26)/t16-/m1/s1. The molecule has 1 fully saturated rings. The average molecular weight is 435 g/mol. The first-order valence-corrected chi connectivity index (χ1v) is 9.70. The number of hydrogen-bond donors (Lipinski definition) is 1. The first kappa shape index (κ1) is 21.0. The van der Waals surface area contributed by atoms with Crippen LogP contribution < -0.4 is 0 Å². The van der Waals surface area contributed by atoms with Crippen LogP contribution in [0.5, 0.6) is 0 Å². The molecular formula is C20H20F3N5O3. The Balaban J connectivity index is 1.49. The molecule has 8 nitrogen and oxygen atoms in total. The molecule has 1 atom stereocenters. The van der Waals surface area contributed by atoms with Crippen LogP contribution >= 0.6 is 0 Å². The lowest BCUT2D eigenvalue weighted by Gasteiger charge is -2.30. The van der Waals surface area contributed by atoms with Gasteiger partial charge in [-0.15, -0.1) is 0 Å². The van der Waals surface area contributed by atoms with Crippen molar-refractivity contribution in [2.75, 3.05) is 19.7 Å². The fourth-order valence-electron chi connectivity index (χ4n) is 3.20. The third kappa shape index (κ3) is 4.46. The molecular weight excluding hydrogens is 415 g/mol. The van der Waals surface area contributed by atoms with E-state index in [0.717, 1.165) is 17.8 Å². The molecule has 1 saturated heterocycles. The number of hydrogen-bond acceptors (Lipinski definition) is 6. The van der Waals surface area contributed by atoms with Crippen molar-refractivity contribution < 1.29 is 27.2 Å². The average Bonchev–Trinajstić information content (AvgIpc) is 3.43. The molecule has 3 heterocycles. The molecule has 0 spiro atoms. The van der Waals surface area contributed by atoms with Crippen LogP contribution in [0.2, 0.25) is 0 Å². The third-order valence-corrected chi connectivity index (χ3v) is 4.96. The molecule has 0 unspecified atom stereocenters. The number of nitrogens with zero attached hydrogens (tertiary/aromatic N) is 4. The molecule has 31 heavy (non-hydrogen) atoms. The number of morpholine rings is 1. The highest BCUT2D eigenvalue weighted by Gasteiger charge is 2.33. The number of halogens is 3. The quantitative estimate of drug-likeness (QED) is 0.669. The number of amides is 1. The van der Waals surface area contributed by atoms with Crippen molar-refractivity contribution in [1.82, 2.24) is 25.2 Å². The number of benzene rings is 1. The number of aromatic nitrogens is 4. The molecule has 0 aliphatic carbocycles. The zero-order valence-electron chi connectivity index (χ0n) is 16.8. The van der Waals surface area contributed by atoms with E-state index >= 15 is 0 Å². The largest absolute Gasteiger partial charge is 0.416 e. The number of H-pyrrole nitrogens is 1. The summed E-state index contributed by atoms with van der Waals surface area (Å²) >= 11 is 0. The van der Waals surface area contributed by atoms with Gasteiger partial charge in [-0.05, 0) is 24.1 Å². The van der Waals surface area contributed by atoms with Gasteiger partial charge in [0, 0.05) is 17.8 Å². The zero-order valence-corrected chi connectivity index (χ0v) is 16.8. The first-order valence-electron chi connectivity index (χ1n) is 9.70. The van der Waals surface area contributed by atoms with E-state index in [0.29, 0.717) is 12.2 Å². The third-order valence-electron chi connectivity index (χ3n) is 4.96. The van der Waals surface area contributed by atoms with Gasteiger partial charge < -0.3 is 14.2 Å². The van der Waals surface area contributed by atoms with Crippen molar-refractivity contribution in [2.24, 2.45) is 0 Å². The van der Waals surface area contributed by atoms with Crippen molar-refractivity contribution >= 4 is 5.91 Å². The van der Waals surface area contributed by atoms with Gasteiger partial charge in [-0.3, -0.25) is 9.89 Å². The molecule has 1 aliphatic rings. The van der Waals surface area contributed by atoms with Crippen LogP contribution in [-0.4, -0.2) is 50.8 Å². The van der Waals surface area contributed by atoms with Crippen LogP contribution in [0, 0.1) is 0 Å².